The lowest BCUT2D eigenvalue weighted by atomic mass is 10.1. The zero-order valence-corrected chi connectivity index (χ0v) is 9.54. The molecule has 2 aromatic rings. The molecule has 8 heteroatoms. The van der Waals surface area contributed by atoms with Crippen LogP contribution in [0.3, 0.4) is 0 Å². The monoisotopic (exact) mass is 285 g/mol. The Morgan fingerprint density at radius 3 is 2.25 bits per heavy atom. The van der Waals surface area contributed by atoms with E-state index in [-0.39, 0.29) is 5.56 Å². The average Bonchev–Trinajstić information content (AvgIpc) is 2.38. The van der Waals surface area contributed by atoms with Gasteiger partial charge in [-0.1, -0.05) is 6.07 Å². The van der Waals surface area contributed by atoms with Gasteiger partial charge in [0.25, 0.3) is 0 Å². The second-order valence-corrected chi connectivity index (χ2v) is 3.69. The predicted molar refractivity (Wildman–Crippen MR) is 57.1 cm³/mol. The molecule has 0 aliphatic heterocycles. The van der Waals surface area contributed by atoms with E-state index < -0.39 is 34.8 Å². The second-order valence-electron chi connectivity index (χ2n) is 3.69. The molecular weight excluding hydrogens is 281 g/mol. The van der Waals surface area contributed by atoms with Gasteiger partial charge < -0.3 is 0 Å². The predicted octanol–water partition coefficient (Wildman–Crippen LogP) is 3.31. The number of nitrogens with zero attached hydrogens (tertiary/aromatic N) is 3. The van der Waals surface area contributed by atoms with Crippen molar-refractivity contribution in [1.29, 1.82) is 5.26 Å². The summed E-state index contributed by atoms with van der Waals surface area (Å²) in [4.78, 5) is 6.33. The number of halogens is 5. The fourth-order valence-corrected chi connectivity index (χ4v) is 1.52. The minimum absolute atomic E-state index is 0.216. The van der Waals surface area contributed by atoms with Crippen LogP contribution in [0.25, 0.3) is 11.1 Å². The second kappa shape index (κ2) is 4.85. The van der Waals surface area contributed by atoms with Gasteiger partial charge in [0.15, 0.2) is 17.3 Å². The number of pyridine rings is 2. The molecule has 0 fully saturated rings. The van der Waals surface area contributed by atoms with E-state index in [2.05, 4.69) is 9.97 Å². The zero-order chi connectivity index (χ0) is 14.9. The summed E-state index contributed by atoms with van der Waals surface area (Å²) < 4.78 is 64.3. The smallest absolute Gasteiger partial charge is 0.251 e. The summed E-state index contributed by atoms with van der Waals surface area (Å²) in [5.74, 6) is -2.34. The Hall–Kier alpha value is -2.56. The van der Waals surface area contributed by atoms with E-state index in [1.165, 1.54) is 6.07 Å². The first kappa shape index (κ1) is 13.9. The first-order chi connectivity index (χ1) is 9.34. The van der Waals surface area contributed by atoms with Crippen molar-refractivity contribution in [3.63, 3.8) is 0 Å². The maximum absolute atomic E-state index is 13.8. The van der Waals surface area contributed by atoms with Crippen molar-refractivity contribution < 1.29 is 22.0 Å². The minimum Gasteiger partial charge on any atom is -0.251 e. The third-order valence-electron chi connectivity index (χ3n) is 2.42. The highest BCUT2D eigenvalue weighted by atomic mass is 19.4. The Balaban J connectivity index is 2.56. The molecule has 0 aromatic carbocycles. The van der Waals surface area contributed by atoms with Crippen molar-refractivity contribution in [2.75, 3.05) is 0 Å². The van der Waals surface area contributed by atoms with E-state index in [9.17, 15) is 22.0 Å². The van der Waals surface area contributed by atoms with Crippen molar-refractivity contribution in [3.05, 3.63) is 47.5 Å². The maximum atomic E-state index is 13.8. The molecule has 0 aliphatic rings. The molecule has 0 unspecified atom stereocenters. The van der Waals surface area contributed by atoms with Gasteiger partial charge in [0, 0.05) is 11.8 Å². The van der Waals surface area contributed by atoms with Gasteiger partial charge in [-0.25, -0.2) is 13.8 Å². The Morgan fingerprint density at radius 2 is 1.75 bits per heavy atom. The summed E-state index contributed by atoms with van der Waals surface area (Å²) >= 11 is 0. The third-order valence-corrected chi connectivity index (χ3v) is 2.42. The van der Waals surface area contributed by atoms with Crippen molar-refractivity contribution in [1.82, 2.24) is 9.97 Å². The lowest BCUT2D eigenvalue weighted by molar-refractivity contribution is -0.141. The van der Waals surface area contributed by atoms with Crippen molar-refractivity contribution in [3.8, 4) is 17.2 Å². The highest BCUT2D eigenvalue weighted by Crippen LogP contribution is 2.31. The first-order valence-electron chi connectivity index (χ1n) is 5.12. The van der Waals surface area contributed by atoms with E-state index in [4.69, 9.17) is 5.26 Å². The van der Waals surface area contributed by atoms with Crippen LogP contribution in [0.2, 0.25) is 0 Å². The summed E-state index contributed by atoms with van der Waals surface area (Å²) in [6.07, 6.45) is -3.34. The highest BCUT2D eigenvalue weighted by molar-refractivity contribution is 5.65. The number of rotatable bonds is 1. The van der Waals surface area contributed by atoms with Crippen molar-refractivity contribution in [2.24, 2.45) is 0 Å². The fraction of sp³-hybridized carbons (Fsp3) is 0.0833. The van der Waals surface area contributed by atoms with Crippen LogP contribution >= 0.6 is 0 Å². The molecule has 0 N–H and O–H groups in total. The van der Waals surface area contributed by atoms with Gasteiger partial charge in [0.1, 0.15) is 11.8 Å². The SMILES string of the molecule is N#Cc1ncc(F)c(-c2ccc(C(F)(F)F)nc2)c1F. The lowest BCUT2D eigenvalue weighted by Gasteiger charge is -2.08. The molecule has 3 nitrogen and oxygen atoms in total. The highest BCUT2D eigenvalue weighted by Gasteiger charge is 2.32. The van der Waals surface area contributed by atoms with Crippen LogP contribution in [0.4, 0.5) is 22.0 Å². The number of aromatic nitrogens is 2. The quantitative estimate of drug-likeness (QED) is 0.755. The molecular formula is C12H4F5N3. The zero-order valence-electron chi connectivity index (χ0n) is 9.54. The van der Waals surface area contributed by atoms with Crippen LogP contribution in [-0.4, -0.2) is 9.97 Å². The molecule has 2 heterocycles. The topological polar surface area (TPSA) is 49.6 Å². The van der Waals surface area contributed by atoms with Gasteiger partial charge in [-0.15, -0.1) is 0 Å². The molecule has 0 radical (unpaired) electrons. The number of nitriles is 1. The minimum atomic E-state index is -4.65. The van der Waals surface area contributed by atoms with Gasteiger partial charge in [0.05, 0.1) is 11.8 Å². The molecule has 2 aromatic heterocycles. The number of hydrogen-bond acceptors (Lipinski definition) is 3. The number of hydrogen-bond donors (Lipinski definition) is 0. The molecule has 0 aliphatic carbocycles. The van der Waals surface area contributed by atoms with E-state index in [1.807, 2.05) is 0 Å². The summed E-state index contributed by atoms with van der Waals surface area (Å²) in [5, 5.41) is 8.59. The van der Waals surface area contributed by atoms with E-state index in [0.717, 1.165) is 6.07 Å². The maximum Gasteiger partial charge on any atom is 0.433 e. The van der Waals surface area contributed by atoms with Crippen LogP contribution in [-0.2, 0) is 6.18 Å². The summed E-state index contributed by atoms with van der Waals surface area (Å²) in [6.45, 7) is 0. The summed E-state index contributed by atoms with van der Waals surface area (Å²) in [7, 11) is 0. The Bertz CT molecular complexity index is 686. The van der Waals surface area contributed by atoms with Gasteiger partial charge in [-0.05, 0) is 6.07 Å². The molecule has 102 valence electrons. The van der Waals surface area contributed by atoms with E-state index in [1.54, 1.807) is 0 Å². The molecule has 0 amide bonds. The standard InChI is InChI=1S/C12H4F5N3/c13-7-5-19-8(3-18)11(14)10(7)6-1-2-9(20-4-6)12(15,16)17/h1-2,4-5H. The van der Waals surface area contributed by atoms with E-state index >= 15 is 0 Å². The Morgan fingerprint density at radius 1 is 1.05 bits per heavy atom. The molecule has 0 atom stereocenters. The van der Waals surface area contributed by atoms with Gasteiger partial charge in [-0.2, -0.15) is 18.4 Å². The average molecular weight is 285 g/mol. The molecule has 0 saturated heterocycles. The van der Waals surface area contributed by atoms with Crippen LogP contribution < -0.4 is 0 Å². The number of alkyl halides is 3. The molecule has 0 bridgehead atoms. The third kappa shape index (κ3) is 2.42. The van der Waals surface area contributed by atoms with Crippen LogP contribution in [0, 0.1) is 23.0 Å². The Labute approximate surface area is 109 Å². The molecule has 0 spiro atoms. The summed E-state index contributed by atoms with van der Waals surface area (Å²) in [6, 6.07) is 2.89. The largest absolute Gasteiger partial charge is 0.433 e. The molecule has 20 heavy (non-hydrogen) atoms. The summed E-state index contributed by atoms with van der Waals surface area (Å²) in [5.41, 5.74) is -2.69. The van der Waals surface area contributed by atoms with Crippen LogP contribution in [0.5, 0.6) is 0 Å². The molecule has 0 saturated carbocycles. The first-order valence-corrected chi connectivity index (χ1v) is 5.12. The molecule has 2 rings (SSSR count). The fourth-order valence-electron chi connectivity index (χ4n) is 1.52. The van der Waals surface area contributed by atoms with Gasteiger partial charge in [-0.3, -0.25) is 4.98 Å². The van der Waals surface area contributed by atoms with Crippen molar-refractivity contribution in [2.45, 2.75) is 6.18 Å². The van der Waals surface area contributed by atoms with Crippen molar-refractivity contribution >= 4 is 0 Å². The lowest BCUT2D eigenvalue weighted by Crippen LogP contribution is -2.07. The van der Waals surface area contributed by atoms with Crippen LogP contribution in [0.15, 0.2) is 24.5 Å². The van der Waals surface area contributed by atoms with Crippen LogP contribution in [0.1, 0.15) is 11.4 Å². The Kier molecular flexibility index (Phi) is 3.36. The van der Waals surface area contributed by atoms with E-state index in [0.29, 0.717) is 18.5 Å². The normalized spacial score (nSPS) is 11.2. The van der Waals surface area contributed by atoms with Gasteiger partial charge >= 0.3 is 6.18 Å². The van der Waals surface area contributed by atoms with Gasteiger partial charge in [0.2, 0.25) is 0 Å².